The van der Waals surface area contributed by atoms with Crippen molar-refractivity contribution in [2.75, 3.05) is 18.5 Å². The van der Waals surface area contributed by atoms with Gasteiger partial charge in [-0.3, -0.25) is 14.5 Å². The van der Waals surface area contributed by atoms with Gasteiger partial charge in [0.1, 0.15) is 10.9 Å². The van der Waals surface area contributed by atoms with Crippen LogP contribution in [0.25, 0.3) is 10.8 Å². The fraction of sp³-hybridized carbons (Fsp3) is 0.136. The Bertz CT molecular complexity index is 1180. The van der Waals surface area contributed by atoms with E-state index in [1.807, 2.05) is 61.4 Å². The zero-order valence-electron chi connectivity index (χ0n) is 16.3. The van der Waals surface area contributed by atoms with Gasteiger partial charge in [0, 0.05) is 12.4 Å². The molecule has 1 saturated heterocycles. The maximum absolute atomic E-state index is 12.4. The Balaban J connectivity index is 1.56. The Morgan fingerprint density at radius 3 is 2.80 bits per heavy atom. The standard InChI is InChI=1S/C22H18N2O4S2/c1-13(11-17-21(27)24(12-19(25)26)22(29)30-17)7-10-18-23(2)16-9-8-14-5-3-4-6-15(14)20(16)28-18/h3-11H,12H2,1-2H3,(H,25,26)/b13-7+,17-11+,18-10-. The molecule has 0 aromatic heterocycles. The highest BCUT2D eigenvalue weighted by atomic mass is 32.2. The Labute approximate surface area is 183 Å². The summed E-state index contributed by atoms with van der Waals surface area (Å²) in [6.07, 6.45) is 5.40. The molecular weight excluding hydrogens is 420 g/mol. The SMILES string of the molecule is CC(=C\C=C1/Oc2c(ccc3ccccc23)N1C)/C=C1/SC(=S)N(CC(=O)O)C1=O. The van der Waals surface area contributed by atoms with Gasteiger partial charge in [0.25, 0.3) is 5.91 Å². The molecule has 6 nitrogen and oxygen atoms in total. The summed E-state index contributed by atoms with van der Waals surface area (Å²) in [5, 5.41) is 11.1. The number of hydrogen-bond donors (Lipinski definition) is 1. The van der Waals surface area contributed by atoms with Crippen molar-refractivity contribution >= 4 is 56.6 Å². The van der Waals surface area contributed by atoms with Gasteiger partial charge >= 0.3 is 5.97 Å². The highest BCUT2D eigenvalue weighted by Gasteiger charge is 2.33. The first-order chi connectivity index (χ1) is 14.3. The fourth-order valence-electron chi connectivity index (χ4n) is 3.27. The number of aliphatic carboxylic acids is 1. The van der Waals surface area contributed by atoms with Crippen LogP contribution in [0.2, 0.25) is 0 Å². The second-order valence-corrected chi connectivity index (χ2v) is 8.55. The minimum Gasteiger partial charge on any atom is -0.480 e. The molecule has 0 spiro atoms. The maximum Gasteiger partial charge on any atom is 0.323 e. The summed E-state index contributed by atoms with van der Waals surface area (Å²) in [5.74, 6) is 0.00828. The number of carboxylic acids is 1. The average molecular weight is 439 g/mol. The molecule has 0 saturated carbocycles. The third kappa shape index (κ3) is 3.71. The normalized spacial score (nSPS) is 19.2. The second-order valence-electron chi connectivity index (χ2n) is 6.87. The number of rotatable bonds is 4. The van der Waals surface area contributed by atoms with E-state index in [0.717, 1.165) is 44.4 Å². The van der Waals surface area contributed by atoms with Crippen molar-refractivity contribution in [1.82, 2.24) is 4.90 Å². The number of carboxylic acid groups (broad SMARTS) is 1. The molecule has 4 rings (SSSR count). The number of allylic oxidation sites excluding steroid dienone is 4. The quantitative estimate of drug-likeness (QED) is 0.564. The maximum atomic E-state index is 12.4. The Hall–Kier alpha value is -3.10. The van der Waals surface area contributed by atoms with Gasteiger partial charge in [-0.15, -0.1) is 0 Å². The van der Waals surface area contributed by atoms with E-state index in [1.54, 1.807) is 6.08 Å². The number of carbonyl (C=O) groups is 2. The summed E-state index contributed by atoms with van der Waals surface area (Å²) < 4.78 is 6.36. The minimum atomic E-state index is -1.10. The average Bonchev–Trinajstić information content (AvgIpc) is 3.17. The van der Waals surface area contributed by atoms with Crippen LogP contribution in [0.1, 0.15) is 6.92 Å². The number of anilines is 1. The molecular formula is C22H18N2O4S2. The van der Waals surface area contributed by atoms with Gasteiger partial charge in [0.05, 0.1) is 10.6 Å². The van der Waals surface area contributed by atoms with Gasteiger partial charge in [0.15, 0.2) is 11.6 Å². The van der Waals surface area contributed by atoms with E-state index in [1.165, 1.54) is 0 Å². The van der Waals surface area contributed by atoms with Crippen molar-refractivity contribution in [3.8, 4) is 5.75 Å². The van der Waals surface area contributed by atoms with E-state index in [2.05, 4.69) is 6.07 Å². The fourth-order valence-corrected chi connectivity index (χ4v) is 4.57. The van der Waals surface area contributed by atoms with Gasteiger partial charge in [0.2, 0.25) is 0 Å². The van der Waals surface area contributed by atoms with Crippen molar-refractivity contribution in [3.63, 3.8) is 0 Å². The molecule has 2 aromatic rings. The summed E-state index contributed by atoms with van der Waals surface area (Å²) >= 11 is 6.22. The van der Waals surface area contributed by atoms with E-state index < -0.39 is 12.5 Å². The minimum absolute atomic E-state index is 0.251. The van der Waals surface area contributed by atoms with Gasteiger partial charge in [-0.1, -0.05) is 60.4 Å². The third-order valence-electron chi connectivity index (χ3n) is 4.77. The molecule has 30 heavy (non-hydrogen) atoms. The number of thiocarbonyl (C=S) groups is 1. The first-order valence-corrected chi connectivity index (χ1v) is 10.4. The van der Waals surface area contributed by atoms with Crippen molar-refractivity contribution in [2.24, 2.45) is 0 Å². The van der Waals surface area contributed by atoms with Crippen LogP contribution in [0.3, 0.4) is 0 Å². The first-order valence-electron chi connectivity index (χ1n) is 9.14. The van der Waals surface area contributed by atoms with Gasteiger partial charge < -0.3 is 14.7 Å². The third-order valence-corrected chi connectivity index (χ3v) is 6.15. The highest BCUT2D eigenvalue weighted by molar-refractivity contribution is 8.26. The molecule has 2 aliphatic heterocycles. The van der Waals surface area contributed by atoms with Gasteiger partial charge in [-0.05, 0) is 36.1 Å². The molecule has 1 fully saturated rings. The molecule has 0 bridgehead atoms. The zero-order chi connectivity index (χ0) is 21.4. The van der Waals surface area contributed by atoms with Crippen LogP contribution in [0.4, 0.5) is 5.69 Å². The van der Waals surface area contributed by atoms with Crippen LogP contribution >= 0.6 is 24.0 Å². The number of nitrogens with zero attached hydrogens (tertiary/aromatic N) is 2. The van der Waals surface area contributed by atoms with Gasteiger partial charge in [-0.25, -0.2) is 0 Å². The van der Waals surface area contributed by atoms with E-state index in [0.29, 0.717) is 10.8 Å². The van der Waals surface area contributed by atoms with Crippen LogP contribution < -0.4 is 9.64 Å². The summed E-state index contributed by atoms with van der Waals surface area (Å²) in [6, 6.07) is 12.2. The molecule has 152 valence electrons. The van der Waals surface area contributed by atoms with Crippen molar-refractivity contribution in [1.29, 1.82) is 0 Å². The molecule has 1 N–H and O–H groups in total. The molecule has 0 radical (unpaired) electrons. The van der Waals surface area contributed by atoms with Crippen LogP contribution in [0, 0.1) is 0 Å². The van der Waals surface area contributed by atoms with Gasteiger partial charge in [-0.2, -0.15) is 0 Å². The summed E-state index contributed by atoms with van der Waals surface area (Å²) in [6.45, 7) is 1.43. The lowest BCUT2D eigenvalue weighted by Crippen LogP contribution is -2.33. The molecule has 2 heterocycles. The second kappa shape index (κ2) is 7.97. The van der Waals surface area contributed by atoms with E-state index in [-0.39, 0.29) is 10.2 Å². The van der Waals surface area contributed by atoms with E-state index in [4.69, 9.17) is 22.1 Å². The van der Waals surface area contributed by atoms with E-state index >= 15 is 0 Å². The number of fused-ring (bicyclic) bond motifs is 3. The molecule has 0 atom stereocenters. The molecule has 2 aromatic carbocycles. The predicted molar refractivity (Wildman–Crippen MR) is 122 cm³/mol. The number of amides is 1. The Morgan fingerprint density at radius 1 is 1.27 bits per heavy atom. The lowest BCUT2D eigenvalue weighted by Gasteiger charge is -2.10. The van der Waals surface area contributed by atoms with Crippen LogP contribution in [-0.4, -0.2) is 39.8 Å². The van der Waals surface area contributed by atoms with Crippen LogP contribution in [-0.2, 0) is 9.59 Å². The summed E-state index contributed by atoms with van der Waals surface area (Å²) in [4.78, 5) is 26.8. The molecule has 2 aliphatic rings. The molecule has 0 unspecified atom stereocenters. The largest absolute Gasteiger partial charge is 0.480 e. The zero-order valence-corrected chi connectivity index (χ0v) is 17.9. The molecule has 0 aliphatic carbocycles. The lowest BCUT2D eigenvalue weighted by molar-refractivity contribution is -0.140. The smallest absolute Gasteiger partial charge is 0.323 e. The molecule has 1 amide bonds. The summed E-state index contributed by atoms with van der Waals surface area (Å²) in [5.41, 5.74) is 1.80. The monoisotopic (exact) mass is 438 g/mol. The lowest BCUT2D eigenvalue weighted by atomic mass is 10.1. The van der Waals surface area contributed by atoms with Crippen molar-refractivity contribution < 1.29 is 19.4 Å². The summed E-state index contributed by atoms with van der Waals surface area (Å²) in [7, 11) is 1.94. The number of carbonyl (C=O) groups excluding carboxylic acids is 1. The van der Waals surface area contributed by atoms with Crippen molar-refractivity contribution in [3.05, 3.63) is 71.0 Å². The number of benzene rings is 2. The predicted octanol–water partition coefficient (Wildman–Crippen LogP) is 4.28. The number of thioether (sulfide) groups is 1. The first kappa shape index (κ1) is 20.2. The van der Waals surface area contributed by atoms with Crippen molar-refractivity contribution in [2.45, 2.75) is 6.92 Å². The van der Waals surface area contributed by atoms with Crippen LogP contribution in [0.5, 0.6) is 5.75 Å². The van der Waals surface area contributed by atoms with E-state index in [9.17, 15) is 9.59 Å². The number of hydrogen-bond acceptors (Lipinski definition) is 6. The Kier molecular flexibility index (Phi) is 5.36. The highest BCUT2D eigenvalue weighted by Crippen LogP contribution is 2.43. The Morgan fingerprint density at radius 2 is 2.03 bits per heavy atom. The topological polar surface area (TPSA) is 70.1 Å². The number of ether oxygens (including phenoxy) is 1. The van der Waals surface area contributed by atoms with Crippen LogP contribution in [0.15, 0.2) is 71.0 Å². The molecule has 8 heteroatoms.